The summed E-state index contributed by atoms with van der Waals surface area (Å²) in [7, 11) is 0. The molecule has 0 saturated carbocycles. The molecule has 110 valence electrons. The maximum absolute atomic E-state index is 10.8. The lowest BCUT2D eigenvalue weighted by atomic mass is 10.0. The molecule has 6 heteroatoms. The number of benzene rings is 1. The molecule has 1 saturated heterocycles. The molecule has 0 spiro atoms. The van der Waals surface area contributed by atoms with Crippen LogP contribution in [0.2, 0.25) is 0 Å². The summed E-state index contributed by atoms with van der Waals surface area (Å²) in [5.74, 6) is 0. The topological polar surface area (TPSA) is 84.4 Å². The number of piperidine rings is 1. The fraction of sp³-hybridized carbons (Fsp3) is 0.571. The summed E-state index contributed by atoms with van der Waals surface area (Å²) in [6.45, 7) is 5.50. The van der Waals surface area contributed by atoms with Crippen molar-refractivity contribution in [1.29, 1.82) is 0 Å². The summed E-state index contributed by atoms with van der Waals surface area (Å²) >= 11 is 0. The fourth-order valence-corrected chi connectivity index (χ4v) is 2.68. The Bertz CT molecular complexity index is 470. The van der Waals surface area contributed by atoms with E-state index in [9.17, 15) is 10.1 Å². The first-order valence-corrected chi connectivity index (χ1v) is 7.12. The predicted molar refractivity (Wildman–Crippen MR) is 80.9 cm³/mol. The number of non-ortho nitro benzene ring substituents is 1. The van der Waals surface area contributed by atoms with E-state index in [1.54, 1.807) is 12.1 Å². The number of likely N-dealkylation sites (tertiary alicyclic amines) is 1. The fourth-order valence-electron chi connectivity index (χ4n) is 2.68. The van der Waals surface area contributed by atoms with Gasteiger partial charge < -0.3 is 16.0 Å². The van der Waals surface area contributed by atoms with E-state index in [-0.39, 0.29) is 5.69 Å². The van der Waals surface area contributed by atoms with Gasteiger partial charge in [0.15, 0.2) is 0 Å². The van der Waals surface area contributed by atoms with Crippen molar-refractivity contribution < 1.29 is 4.92 Å². The third-order valence-corrected chi connectivity index (χ3v) is 3.65. The summed E-state index contributed by atoms with van der Waals surface area (Å²) in [5.41, 5.74) is 6.91. The van der Waals surface area contributed by atoms with Crippen molar-refractivity contribution in [3.8, 4) is 0 Å². The van der Waals surface area contributed by atoms with Crippen LogP contribution in [0, 0.1) is 10.1 Å². The Hall–Kier alpha value is -1.82. The minimum absolute atomic E-state index is 0.0379. The van der Waals surface area contributed by atoms with Crippen LogP contribution in [-0.2, 0) is 0 Å². The van der Waals surface area contributed by atoms with Crippen LogP contribution >= 0.6 is 0 Å². The zero-order valence-electron chi connectivity index (χ0n) is 11.8. The second kappa shape index (κ2) is 6.56. The molecule has 1 aromatic carbocycles. The van der Waals surface area contributed by atoms with Gasteiger partial charge in [0.1, 0.15) is 0 Å². The van der Waals surface area contributed by atoms with E-state index in [4.69, 9.17) is 5.73 Å². The maximum Gasteiger partial charge on any atom is 0.273 e. The van der Waals surface area contributed by atoms with Crippen molar-refractivity contribution in [2.45, 2.75) is 32.2 Å². The molecule has 6 nitrogen and oxygen atoms in total. The lowest BCUT2D eigenvalue weighted by Crippen LogP contribution is -2.39. The molecule has 1 heterocycles. The highest BCUT2D eigenvalue weighted by Crippen LogP contribution is 2.24. The number of hydrogen-bond donors (Lipinski definition) is 2. The SMILES string of the molecule is CCCN1CCC(Nc2cc(N)cc([N+](=O)[O-])c2)CC1. The third-order valence-electron chi connectivity index (χ3n) is 3.65. The number of hydrogen-bond acceptors (Lipinski definition) is 5. The molecule has 0 aromatic heterocycles. The van der Waals surface area contributed by atoms with Crippen LogP contribution in [0.25, 0.3) is 0 Å². The van der Waals surface area contributed by atoms with E-state index >= 15 is 0 Å². The highest BCUT2D eigenvalue weighted by atomic mass is 16.6. The van der Waals surface area contributed by atoms with Gasteiger partial charge >= 0.3 is 0 Å². The number of nitro benzene ring substituents is 1. The Labute approximate surface area is 119 Å². The number of nitrogen functional groups attached to an aromatic ring is 1. The van der Waals surface area contributed by atoms with Crippen LogP contribution in [0.3, 0.4) is 0 Å². The minimum Gasteiger partial charge on any atom is -0.398 e. The quantitative estimate of drug-likeness (QED) is 0.491. The monoisotopic (exact) mass is 278 g/mol. The number of nitro groups is 1. The number of rotatable bonds is 5. The van der Waals surface area contributed by atoms with E-state index in [1.165, 1.54) is 12.5 Å². The number of anilines is 2. The smallest absolute Gasteiger partial charge is 0.273 e. The van der Waals surface area contributed by atoms with Crippen molar-refractivity contribution in [2.75, 3.05) is 30.7 Å². The molecular formula is C14H22N4O2. The summed E-state index contributed by atoms with van der Waals surface area (Å²) in [4.78, 5) is 12.9. The largest absolute Gasteiger partial charge is 0.398 e. The predicted octanol–water partition coefficient (Wildman–Crippen LogP) is 2.46. The van der Waals surface area contributed by atoms with E-state index in [0.29, 0.717) is 11.7 Å². The summed E-state index contributed by atoms with van der Waals surface area (Å²) in [6.07, 6.45) is 3.30. The molecule has 2 rings (SSSR count). The van der Waals surface area contributed by atoms with Gasteiger partial charge in [0.2, 0.25) is 0 Å². The zero-order valence-corrected chi connectivity index (χ0v) is 11.8. The Morgan fingerprint density at radius 1 is 1.40 bits per heavy atom. The van der Waals surface area contributed by atoms with Crippen LogP contribution < -0.4 is 11.1 Å². The summed E-state index contributed by atoms with van der Waals surface area (Å²) < 4.78 is 0. The van der Waals surface area contributed by atoms with Gasteiger partial charge in [-0.1, -0.05) is 6.92 Å². The third kappa shape index (κ3) is 3.84. The van der Waals surface area contributed by atoms with Crippen molar-refractivity contribution in [3.05, 3.63) is 28.3 Å². The Balaban J connectivity index is 1.96. The van der Waals surface area contributed by atoms with Crippen molar-refractivity contribution in [1.82, 2.24) is 4.90 Å². The normalized spacial score (nSPS) is 17.1. The molecule has 0 aliphatic carbocycles. The molecule has 1 aliphatic heterocycles. The molecule has 1 fully saturated rings. The summed E-state index contributed by atoms with van der Waals surface area (Å²) in [5, 5.41) is 14.2. The van der Waals surface area contributed by atoms with Crippen LogP contribution in [-0.4, -0.2) is 35.5 Å². The van der Waals surface area contributed by atoms with E-state index in [0.717, 1.165) is 38.2 Å². The molecule has 0 amide bonds. The second-order valence-electron chi connectivity index (χ2n) is 5.33. The van der Waals surface area contributed by atoms with Gasteiger partial charge in [0.05, 0.1) is 4.92 Å². The van der Waals surface area contributed by atoms with Gasteiger partial charge in [-0.25, -0.2) is 0 Å². The van der Waals surface area contributed by atoms with Crippen molar-refractivity contribution in [3.63, 3.8) is 0 Å². The van der Waals surface area contributed by atoms with E-state index in [2.05, 4.69) is 17.1 Å². The Morgan fingerprint density at radius 2 is 2.10 bits per heavy atom. The molecule has 0 unspecified atom stereocenters. The molecule has 0 bridgehead atoms. The molecule has 0 radical (unpaired) electrons. The lowest BCUT2D eigenvalue weighted by Gasteiger charge is -2.32. The standard InChI is InChI=1S/C14H22N4O2/c1-2-5-17-6-3-12(4-7-17)16-13-8-11(15)9-14(10-13)18(19)20/h8-10,12,16H,2-7,15H2,1H3. The van der Waals surface area contributed by atoms with Gasteiger partial charge in [-0.05, 0) is 31.9 Å². The average molecular weight is 278 g/mol. The Kier molecular flexibility index (Phi) is 4.79. The second-order valence-corrected chi connectivity index (χ2v) is 5.33. The van der Waals surface area contributed by atoms with Crippen LogP contribution in [0.5, 0.6) is 0 Å². The van der Waals surface area contributed by atoms with Gasteiger partial charge in [-0.15, -0.1) is 0 Å². The number of nitrogens with zero attached hydrogens (tertiary/aromatic N) is 2. The molecule has 3 N–H and O–H groups in total. The molecule has 1 aromatic rings. The van der Waals surface area contributed by atoms with Crippen molar-refractivity contribution >= 4 is 17.1 Å². The van der Waals surface area contributed by atoms with Crippen LogP contribution in [0.15, 0.2) is 18.2 Å². The van der Waals surface area contributed by atoms with Gasteiger partial charge in [0, 0.05) is 42.6 Å². The molecule has 0 atom stereocenters. The first-order chi connectivity index (χ1) is 9.58. The van der Waals surface area contributed by atoms with Gasteiger partial charge in [0.25, 0.3) is 5.69 Å². The van der Waals surface area contributed by atoms with E-state index in [1.807, 2.05) is 0 Å². The maximum atomic E-state index is 10.8. The minimum atomic E-state index is -0.411. The lowest BCUT2D eigenvalue weighted by molar-refractivity contribution is -0.384. The van der Waals surface area contributed by atoms with Crippen molar-refractivity contribution in [2.24, 2.45) is 0 Å². The molecule has 20 heavy (non-hydrogen) atoms. The zero-order chi connectivity index (χ0) is 14.5. The van der Waals surface area contributed by atoms with Crippen LogP contribution in [0.4, 0.5) is 17.1 Å². The molecular weight excluding hydrogens is 256 g/mol. The highest BCUT2D eigenvalue weighted by Gasteiger charge is 2.19. The van der Waals surface area contributed by atoms with Crippen LogP contribution in [0.1, 0.15) is 26.2 Å². The molecule has 1 aliphatic rings. The van der Waals surface area contributed by atoms with Gasteiger partial charge in [-0.3, -0.25) is 10.1 Å². The van der Waals surface area contributed by atoms with Gasteiger partial charge in [-0.2, -0.15) is 0 Å². The number of nitrogens with two attached hydrogens (primary N) is 1. The number of nitrogens with one attached hydrogen (secondary N) is 1. The average Bonchev–Trinajstić information content (AvgIpc) is 2.40. The Morgan fingerprint density at radius 3 is 2.70 bits per heavy atom. The van der Waals surface area contributed by atoms with E-state index < -0.39 is 4.92 Å². The first-order valence-electron chi connectivity index (χ1n) is 7.12. The summed E-state index contributed by atoms with van der Waals surface area (Å²) in [6, 6.07) is 5.05. The first kappa shape index (κ1) is 14.6. The highest BCUT2D eigenvalue weighted by molar-refractivity contribution is 5.61.